The van der Waals surface area contributed by atoms with Crippen LogP contribution < -0.4 is 16.4 Å². The second kappa shape index (κ2) is 15.3. The van der Waals surface area contributed by atoms with Crippen LogP contribution >= 0.6 is 0 Å². The molecule has 228 valence electrons. The summed E-state index contributed by atoms with van der Waals surface area (Å²) in [7, 11) is 3.53. The molecule has 8 nitrogen and oxygen atoms in total. The number of hydrogen-bond acceptors (Lipinski definition) is 6. The van der Waals surface area contributed by atoms with Crippen LogP contribution in [0.4, 0.5) is 0 Å². The number of fused-ring (bicyclic) bond motifs is 1. The molecule has 5 N–H and O–H groups in total. The number of aryl methyl sites for hydroxylation is 2. The van der Waals surface area contributed by atoms with Gasteiger partial charge in [-0.15, -0.1) is 16.8 Å². The number of nitrogens with zero attached hydrogens (tertiary/aromatic N) is 3. The molecule has 0 fully saturated rings. The van der Waals surface area contributed by atoms with Crippen LogP contribution in [0, 0.1) is 6.92 Å². The quantitative estimate of drug-likeness (QED) is 0.218. The monoisotopic (exact) mass is 581 g/mol. The average Bonchev–Trinajstić information content (AvgIpc) is 3.52. The predicted molar refractivity (Wildman–Crippen MR) is 176 cm³/mol. The third-order valence-electron chi connectivity index (χ3n) is 8.07. The van der Waals surface area contributed by atoms with E-state index < -0.39 is 5.41 Å². The zero-order valence-electron chi connectivity index (χ0n) is 26.4. The Balaban J connectivity index is 0.000000489. The summed E-state index contributed by atoms with van der Waals surface area (Å²) in [6.07, 6.45) is 6.90. The number of aromatic nitrogens is 4. The Hall–Kier alpha value is -4.30. The summed E-state index contributed by atoms with van der Waals surface area (Å²) in [5.74, 6) is 0.457. The molecule has 2 aromatic carbocycles. The predicted octanol–water partition coefficient (Wildman–Crippen LogP) is 5.64. The van der Waals surface area contributed by atoms with Gasteiger partial charge in [0.2, 0.25) is 0 Å². The summed E-state index contributed by atoms with van der Waals surface area (Å²) in [5.41, 5.74) is 15.8. The highest BCUT2D eigenvalue weighted by Gasteiger charge is 2.45. The minimum Gasteiger partial charge on any atom is -0.392 e. The van der Waals surface area contributed by atoms with Crippen LogP contribution in [0.25, 0.3) is 0 Å². The van der Waals surface area contributed by atoms with Crippen LogP contribution in [0.15, 0.2) is 90.7 Å². The van der Waals surface area contributed by atoms with Gasteiger partial charge in [-0.05, 0) is 93.7 Å². The van der Waals surface area contributed by atoms with Crippen LogP contribution in [-0.2, 0) is 18.3 Å². The van der Waals surface area contributed by atoms with Crippen LogP contribution in [0.1, 0.15) is 78.0 Å². The topological polar surface area (TPSA) is 122 Å². The molecule has 3 aromatic rings. The molecule has 0 saturated heterocycles. The Morgan fingerprint density at radius 2 is 1.81 bits per heavy atom. The van der Waals surface area contributed by atoms with Crippen molar-refractivity contribution < 1.29 is 4.79 Å². The number of hydrogen-bond donors (Lipinski definition) is 4. The van der Waals surface area contributed by atoms with E-state index in [1.807, 2.05) is 38.2 Å². The molecule has 2 unspecified atom stereocenters. The van der Waals surface area contributed by atoms with E-state index in [-0.39, 0.29) is 11.9 Å². The van der Waals surface area contributed by atoms with Gasteiger partial charge in [0.25, 0.3) is 5.91 Å². The maximum Gasteiger partial charge on any atom is 0.251 e. The number of amides is 1. The van der Waals surface area contributed by atoms with Gasteiger partial charge in [-0.1, -0.05) is 71.5 Å². The van der Waals surface area contributed by atoms with Gasteiger partial charge in [-0.3, -0.25) is 4.79 Å². The second-order valence-electron chi connectivity index (χ2n) is 11.5. The molecule has 8 heteroatoms. The fourth-order valence-electron chi connectivity index (χ4n) is 5.69. The molecule has 43 heavy (non-hydrogen) atoms. The highest BCUT2D eigenvalue weighted by Crippen LogP contribution is 2.47. The van der Waals surface area contributed by atoms with Gasteiger partial charge in [-0.25, -0.2) is 0 Å². The van der Waals surface area contributed by atoms with Crippen molar-refractivity contribution in [3.63, 3.8) is 0 Å². The van der Waals surface area contributed by atoms with Crippen molar-refractivity contribution in [1.82, 2.24) is 31.3 Å². The molecule has 0 saturated carbocycles. The molecule has 0 radical (unpaired) electrons. The van der Waals surface area contributed by atoms with Crippen molar-refractivity contribution in [2.24, 2.45) is 5.73 Å². The van der Waals surface area contributed by atoms with Crippen molar-refractivity contribution in [1.29, 1.82) is 0 Å². The Kier molecular flexibility index (Phi) is 11.8. The highest BCUT2D eigenvalue weighted by molar-refractivity contribution is 5.94. The molecule has 1 aromatic heterocycles. The molecule has 0 spiro atoms. The van der Waals surface area contributed by atoms with Gasteiger partial charge < -0.3 is 16.4 Å². The van der Waals surface area contributed by atoms with E-state index in [1.54, 1.807) is 7.05 Å². The molecule has 1 heterocycles. The first-order valence-corrected chi connectivity index (χ1v) is 14.8. The zero-order chi connectivity index (χ0) is 31.6. The fourth-order valence-corrected chi connectivity index (χ4v) is 5.69. The van der Waals surface area contributed by atoms with Crippen molar-refractivity contribution in [3.05, 3.63) is 124 Å². The van der Waals surface area contributed by atoms with E-state index in [9.17, 15) is 4.79 Å². The SMILES string of the molecule is C=C(C)CCC(=C)NC.C=CC1=C(C)CCc2cc(C(=O)NC)ccc2C1(CC(N)Cc1ccc(C)cc1)c1nn[nH]n1. The van der Waals surface area contributed by atoms with Crippen LogP contribution in [0.3, 0.4) is 0 Å². The minimum absolute atomic E-state index is 0.109. The molecule has 2 atom stereocenters. The fraction of sp³-hybridized carbons (Fsp3) is 0.371. The van der Waals surface area contributed by atoms with Crippen molar-refractivity contribution in [2.75, 3.05) is 14.1 Å². The van der Waals surface area contributed by atoms with Crippen molar-refractivity contribution >= 4 is 5.91 Å². The molecule has 1 aliphatic carbocycles. The second-order valence-corrected chi connectivity index (χ2v) is 11.5. The van der Waals surface area contributed by atoms with Gasteiger partial charge in [0.1, 0.15) is 0 Å². The molecule has 1 amide bonds. The Morgan fingerprint density at radius 3 is 2.40 bits per heavy atom. The molecular weight excluding hydrogens is 534 g/mol. The van der Waals surface area contributed by atoms with Crippen LogP contribution in [0.5, 0.6) is 0 Å². The summed E-state index contributed by atoms with van der Waals surface area (Å²) in [4.78, 5) is 12.4. The number of H-pyrrole nitrogens is 1. The number of allylic oxidation sites excluding steroid dienone is 5. The van der Waals surface area contributed by atoms with Crippen molar-refractivity contribution in [2.45, 2.75) is 70.8 Å². The Morgan fingerprint density at radius 1 is 1.09 bits per heavy atom. The summed E-state index contributed by atoms with van der Waals surface area (Å²) in [5, 5.41) is 21.2. The Labute approximate surface area is 256 Å². The third kappa shape index (κ3) is 8.17. The number of tetrazole rings is 1. The van der Waals surface area contributed by atoms with Gasteiger partial charge in [-0.2, -0.15) is 5.21 Å². The van der Waals surface area contributed by atoms with E-state index in [4.69, 9.17) is 5.73 Å². The average molecular weight is 582 g/mol. The lowest BCUT2D eigenvalue weighted by atomic mass is 9.67. The smallest absolute Gasteiger partial charge is 0.251 e. The van der Waals surface area contributed by atoms with Crippen LogP contribution in [-0.4, -0.2) is 46.7 Å². The molecular formula is C35H47N7O. The zero-order valence-corrected chi connectivity index (χ0v) is 26.4. The highest BCUT2D eigenvalue weighted by atomic mass is 16.1. The maximum atomic E-state index is 12.4. The number of rotatable bonds is 11. The number of carbonyl (C=O) groups is 1. The number of nitrogens with one attached hydrogen (secondary N) is 3. The lowest BCUT2D eigenvalue weighted by molar-refractivity contribution is 0.0963. The summed E-state index contributed by atoms with van der Waals surface area (Å²) < 4.78 is 0. The molecule has 0 bridgehead atoms. The van der Waals surface area contributed by atoms with E-state index >= 15 is 0 Å². The van der Waals surface area contributed by atoms with E-state index in [0.29, 0.717) is 17.8 Å². The molecule has 1 aliphatic rings. The lowest BCUT2D eigenvalue weighted by Crippen LogP contribution is -2.40. The van der Waals surface area contributed by atoms with E-state index in [0.717, 1.165) is 54.5 Å². The van der Waals surface area contributed by atoms with Crippen molar-refractivity contribution in [3.8, 4) is 0 Å². The van der Waals surface area contributed by atoms with E-state index in [2.05, 4.69) is 89.1 Å². The van der Waals surface area contributed by atoms with Gasteiger partial charge in [0.15, 0.2) is 5.82 Å². The number of aromatic amines is 1. The van der Waals surface area contributed by atoms with Gasteiger partial charge >= 0.3 is 0 Å². The molecule has 0 aliphatic heterocycles. The number of benzene rings is 2. The van der Waals surface area contributed by atoms with Gasteiger partial charge in [0, 0.05) is 31.4 Å². The van der Waals surface area contributed by atoms with E-state index in [1.165, 1.54) is 22.3 Å². The first-order chi connectivity index (χ1) is 20.5. The minimum atomic E-state index is -0.726. The summed E-state index contributed by atoms with van der Waals surface area (Å²) in [6, 6.07) is 14.2. The first-order valence-electron chi connectivity index (χ1n) is 14.8. The normalized spacial score (nSPS) is 16.6. The number of nitrogens with two attached hydrogens (primary N) is 1. The summed E-state index contributed by atoms with van der Waals surface area (Å²) in [6.45, 7) is 18.0. The Bertz CT molecular complexity index is 1450. The molecule has 4 rings (SSSR count). The largest absolute Gasteiger partial charge is 0.392 e. The standard InChI is InChI=1S/C27H32N6O.C8H15N/c1-5-23-18(3)8-11-20-15-21(25(34)29-4)12-13-24(20)27(23,26-30-32-33-31-26)16-22(28)14-19-9-6-17(2)7-10-19;1-7(2)5-6-8(3)9-4/h5-7,9-10,12-13,15,22H,1,8,11,14,16,28H2,2-4H3,(H,29,34)(H,30,31,32,33);9H,1,3,5-6H2,2,4H3. The van der Waals surface area contributed by atoms with Gasteiger partial charge in [0.05, 0.1) is 5.41 Å². The first kappa shape index (κ1) is 33.2. The summed E-state index contributed by atoms with van der Waals surface area (Å²) >= 11 is 0. The third-order valence-corrected chi connectivity index (χ3v) is 8.07. The maximum absolute atomic E-state index is 12.4. The number of carbonyl (C=O) groups excluding carboxylic acids is 1. The lowest BCUT2D eigenvalue weighted by Gasteiger charge is -2.36. The van der Waals surface area contributed by atoms with Crippen LogP contribution in [0.2, 0.25) is 0 Å².